The van der Waals surface area contributed by atoms with Crippen LogP contribution in [0.2, 0.25) is 0 Å². The minimum Gasteiger partial charge on any atom is -0.389 e. The summed E-state index contributed by atoms with van der Waals surface area (Å²) in [6.45, 7) is 2.02. The van der Waals surface area contributed by atoms with Gasteiger partial charge in [-0.15, -0.1) is 0 Å². The Morgan fingerprint density at radius 2 is 2.00 bits per heavy atom. The molecule has 0 atom stereocenters. The second kappa shape index (κ2) is 3.75. The van der Waals surface area contributed by atoms with E-state index in [9.17, 15) is 0 Å². The Morgan fingerprint density at radius 3 is 2.38 bits per heavy atom. The molecule has 70 valence electrons. The molecule has 0 aliphatic carbocycles. The number of hydrogen-bond acceptors (Lipinski definition) is 2. The molecular weight excluding hydrogens is 180 g/mol. The number of benzene rings is 1. The average Bonchev–Trinajstić information content (AvgIpc) is 2.03. The van der Waals surface area contributed by atoms with Gasteiger partial charge in [0.25, 0.3) is 0 Å². The standard InChI is InChI=1S/C10H14N2S/c1-7-6-8(12(2)3)4-5-9(7)10(11)13/h4-6H,1-3H3,(H2,11,13). The van der Waals surface area contributed by atoms with Crippen molar-refractivity contribution in [3.8, 4) is 0 Å². The summed E-state index contributed by atoms with van der Waals surface area (Å²) in [6.07, 6.45) is 0. The Morgan fingerprint density at radius 1 is 1.38 bits per heavy atom. The van der Waals surface area contributed by atoms with Gasteiger partial charge in [0.2, 0.25) is 0 Å². The molecule has 3 heteroatoms. The van der Waals surface area contributed by atoms with Gasteiger partial charge in [-0.25, -0.2) is 0 Å². The second-order valence-corrected chi connectivity index (χ2v) is 3.70. The van der Waals surface area contributed by atoms with Crippen LogP contribution in [-0.4, -0.2) is 19.1 Å². The minimum absolute atomic E-state index is 0.461. The molecule has 1 aromatic rings. The van der Waals surface area contributed by atoms with Crippen LogP contribution in [0.1, 0.15) is 11.1 Å². The van der Waals surface area contributed by atoms with Crippen molar-refractivity contribution < 1.29 is 0 Å². The maximum Gasteiger partial charge on any atom is 0.104 e. The van der Waals surface area contributed by atoms with Gasteiger partial charge in [-0.05, 0) is 30.7 Å². The monoisotopic (exact) mass is 194 g/mol. The van der Waals surface area contributed by atoms with E-state index in [2.05, 4.69) is 11.0 Å². The molecule has 13 heavy (non-hydrogen) atoms. The molecular formula is C10H14N2S. The summed E-state index contributed by atoms with van der Waals surface area (Å²) in [5, 5.41) is 0. The molecule has 0 saturated heterocycles. The van der Waals surface area contributed by atoms with Crippen LogP contribution in [0.15, 0.2) is 18.2 Å². The molecule has 0 saturated carbocycles. The molecule has 0 aliphatic heterocycles. The van der Waals surface area contributed by atoms with Crippen LogP contribution in [0.4, 0.5) is 5.69 Å². The van der Waals surface area contributed by atoms with Crippen LogP contribution in [0.25, 0.3) is 0 Å². The molecule has 0 unspecified atom stereocenters. The maximum atomic E-state index is 5.56. The largest absolute Gasteiger partial charge is 0.389 e. The third-order valence-corrected chi connectivity index (χ3v) is 2.21. The SMILES string of the molecule is Cc1cc(N(C)C)ccc1C(N)=S. The first-order valence-electron chi connectivity index (χ1n) is 4.10. The van der Waals surface area contributed by atoms with Gasteiger partial charge < -0.3 is 10.6 Å². The van der Waals surface area contributed by atoms with Crippen LogP contribution in [0, 0.1) is 6.92 Å². The molecule has 0 radical (unpaired) electrons. The highest BCUT2D eigenvalue weighted by Crippen LogP contribution is 2.16. The Labute approximate surface area is 84.3 Å². The van der Waals surface area contributed by atoms with Crippen LogP contribution < -0.4 is 10.6 Å². The van der Waals surface area contributed by atoms with Gasteiger partial charge in [0.05, 0.1) is 0 Å². The first-order chi connectivity index (χ1) is 6.02. The summed E-state index contributed by atoms with van der Waals surface area (Å²) < 4.78 is 0. The molecule has 0 aromatic heterocycles. The van der Waals surface area contributed by atoms with Gasteiger partial charge in [0, 0.05) is 25.3 Å². The van der Waals surface area contributed by atoms with E-state index >= 15 is 0 Å². The lowest BCUT2D eigenvalue weighted by molar-refractivity contribution is 1.13. The highest BCUT2D eigenvalue weighted by molar-refractivity contribution is 7.80. The van der Waals surface area contributed by atoms with Crippen LogP contribution in [0.3, 0.4) is 0 Å². The van der Waals surface area contributed by atoms with Crippen molar-refractivity contribution in [2.45, 2.75) is 6.92 Å². The van der Waals surface area contributed by atoms with Gasteiger partial charge in [-0.3, -0.25) is 0 Å². The molecule has 0 spiro atoms. The van der Waals surface area contributed by atoms with E-state index in [1.807, 2.05) is 33.2 Å². The quantitative estimate of drug-likeness (QED) is 0.727. The maximum absolute atomic E-state index is 5.56. The number of hydrogen-bond donors (Lipinski definition) is 1. The third-order valence-electron chi connectivity index (χ3n) is 1.99. The summed E-state index contributed by atoms with van der Waals surface area (Å²) in [6, 6.07) is 6.06. The number of nitrogens with two attached hydrogens (primary N) is 1. The number of thiocarbonyl (C=S) groups is 1. The Balaban J connectivity index is 3.13. The first kappa shape index (κ1) is 9.99. The molecule has 2 nitrogen and oxygen atoms in total. The van der Waals surface area contributed by atoms with Crippen molar-refractivity contribution in [3.05, 3.63) is 29.3 Å². The highest BCUT2D eigenvalue weighted by atomic mass is 32.1. The summed E-state index contributed by atoms with van der Waals surface area (Å²) in [4.78, 5) is 2.51. The van der Waals surface area contributed by atoms with Gasteiger partial charge in [-0.2, -0.15) is 0 Å². The fourth-order valence-corrected chi connectivity index (χ4v) is 1.43. The van der Waals surface area contributed by atoms with Crippen molar-refractivity contribution in [1.29, 1.82) is 0 Å². The molecule has 0 heterocycles. The average molecular weight is 194 g/mol. The lowest BCUT2D eigenvalue weighted by atomic mass is 10.1. The Hall–Kier alpha value is -1.09. The van der Waals surface area contributed by atoms with E-state index in [1.54, 1.807) is 0 Å². The van der Waals surface area contributed by atoms with Crippen LogP contribution >= 0.6 is 12.2 Å². The van der Waals surface area contributed by atoms with E-state index in [0.717, 1.165) is 16.8 Å². The smallest absolute Gasteiger partial charge is 0.104 e. The zero-order chi connectivity index (χ0) is 10.0. The molecule has 0 aliphatic rings. The zero-order valence-corrected chi connectivity index (χ0v) is 8.98. The summed E-state index contributed by atoms with van der Waals surface area (Å²) in [7, 11) is 4.02. The van der Waals surface area contributed by atoms with Gasteiger partial charge in [-0.1, -0.05) is 12.2 Å². The summed E-state index contributed by atoms with van der Waals surface area (Å²) in [5.74, 6) is 0. The fourth-order valence-electron chi connectivity index (χ4n) is 1.20. The number of rotatable bonds is 2. The molecule has 1 rings (SSSR count). The van der Waals surface area contributed by atoms with Gasteiger partial charge in [0.15, 0.2) is 0 Å². The third kappa shape index (κ3) is 2.18. The molecule has 2 N–H and O–H groups in total. The lowest BCUT2D eigenvalue weighted by Crippen LogP contribution is -2.13. The molecule has 0 fully saturated rings. The number of aryl methyl sites for hydroxylation is 1. The topological polar surface area (TPSA) is 29.3 Å². The van der Waals surface area contributed by atoms with Crippen LogP contribution in [0.5, 0.6) is 0 Å². The summed E-state index contributed by atoms with van der Waals surface area (Å²) in [5.41, 5.74) is 8.81. The van der Waals surface area contributed by atoms with E-state index in [0.29, 0.717) is 4.99 Å². The molecule has 1 aromatic carbocycles. The Bertz CT molecular complexity index is 332. The van der Waals surface area contributed by atoms with E-state index in [1.165, 1.54) is 0 Å². The normalized spacial score (nSPS) is 9.77. The minimum atomic E-state index is 0.461. The lowest BCUT2D eigenvalue weighted by Gasteiger charge is -2.14. The predicted molar refractivity (Wildman–Crippen MR) is 61.4 cm³/mol. The number of nitrogens with zero attached hydrogens (tertiary/aromatic N) is 1. The Kier molecular flexibility index (Phi) is 2.88. The van der Waals surface area contributed by atoms with Crippen molar-refractivity contribution in [2.75, 3.05) is 19.0 Å². The fraction of sp³-hybridized carbons (Fsp3) is 0.300. The van der Waals surface area contributed by atoms with E-state index < -0.39 is 0 Å². The van der Waals surface area contributed by atoms with Crippen molar-refractivity contribution >= 4 is 22.9 Å². The van der Waals surface area contributed by atoms with Crippen molar-refractivity contribution in [1.82, 2.24) is 0 Å². The number of anilines is 1. The van der Waals surface area contributed by atoms with Gasteiger partial charge in [0.1, 0.15) is 4.99 Å². The van der Waals surface area contributed by atoms with Gasteiger partial charge >= 0.3 is 0 Å². The van der Waals surface area contributed by atoms with Crippen molar-refractivity contribution in [2.24, 2.45) is 5.73 Å². The van der Waals surface area contributed by atoms with E-state index in [-0.39, 0.29) is 0 Å². The van der Waals surface area contributed by atoms with E-state index in [4.69, 9.17) is 18.0 Å². The zero-order valence-electron chi connectivity index (χ0n) is 8.16. The van der Waals surface area contributed by atoms with Crippen molar-refractivity contribution in [3.63, 3.8) is 0 Å². The molecule has 0 amide bonds. The second-order valence-electron chi connectivity index (χ2n) is 3.26. The molecule has 0 bridgehead atoms. The first-order valence-corrected chi connectivity index (χ1v) is 4.51. The highest BCUT2D eigenvalue weighted by Gasteiger charge is 2.02. The summed E-state index contributed by atoms with van der Waals surface area (Å²) >= 11 is 4.92. The predicted octanol–water partition coefficient (Wildman–Crippen LogP) is 1.70. The van der Waals surface area contributed by atoms with Crippen LogP contribution in [-0.2, 0) is 0 Å².